The minimum atomic E-state index is -5.16. The molecule has 3 aliphatic heterocycles. The molecular weight excluding hydrogens is 1120 g/mol. The second-order valence-electron chi connectivity index (χ2n) is 23.1. The molecule has 4 amide bonds. The third-order valence-corrected chi connectivity index (χ3v) is 16.0. The van der Waals surface area contributed by atoms with Crippen LogP contribution in [-0.2, 0) is 36.8 Å². The average molecular weight is 1190 g/mol. The normalized spacial score (nSPS) is 20.0. The molecule has 2 aliphatic carbocycles. The third-order valence-electron chi connectivity index (χ3n) is 16.0. The van der Waals surface area contributed by atoms with Crippen molar-refractivity contribution in [1.29, 1.82) is 0 Å². The van der Waals surface area contributed by atoms with Gasteiger partial charge in [0.1, 0.15) is 35.9 Å². The van der Waals surface area contributed by atoms with Gasteiger partial charge in [0.25, 0.3) is 5.91 Å². The first kappa shape index (κ1) is 61.4. The molecule has 4 aromatic rings. The summed E-state index contributed by atoms with van der Waals surface area (Å²) in [4.78, 5) is 64.0. The Morgan fingerprint density at radius 3 is 1.81 bits per heavy atom. The van der Waals surface area contributed by atoms with Gasteiger partial charge >= 0.3 is 31.1 Å². The Hall–Kier alpha value is -7.15. The Morgan fingerprint density at radius 2 is 1.31 bits per heavy atom. The van der Waals surface area contributed by atoms with Crippen molar-refractivity contribution in [1.82, 2.24) is 46.0 Å². The van der Waals surface area contributed by atoms with Crippen molar-refractivity contribution in [3.8, 4) is 23.0 Å². The topological polar surface area (TPSA) is 205 Å². The monoisotopic (exact) mass is 1190 g/mol. The van der Waals surface area contributed by atoms with E-state index in [4.69, 9.17) is 19.2 Å². The van der Waals surface area contributed by atoms with Crippen LogP contribution in [0.25, 0.3) is 11.1 Å². The number of nitrogens with zero attached hydrogens (tertiary/aromatic N) is 6. The minimum Gasteiger partial charge on any atom is -0.446 e. The SMILES string of the molecule is CC(C)([C@H](NC(=O)OC1CC1)C(=O)N[C@@H](Cc1ccc(C#Cc2ccc(N3CC4CCC(C3)N4C3COC3)nc2)cc1)[C@@H](O)CN(Cc1ccc(-c2cnn(C(F)F)c2)cc1F)NC(=O)[C@@H](NC(=O)OC1CC1)C(C)(C)C(F)(F)F)C(F)(F)F. The molecule has 5 N–H and O–H groups in total. The number of pyridine rings is 1. The second kappa shape index (κ2) is 24.8. The Labute approximate surface area is 478 Å². The fourth-order valence-corrected chi connectivity index (χ4v) is 10.3. The largest absolute Gasteiger partial charge is 0.446 e. The number of fused-ring (bicyclic) bond motifs is 2. The number of rotatable bonds is 21. The fraction of sp³-hybridized carbons (Fsp3) is 0.544. The van der Waals surface area contributed by atoms with Gasteiger partial charge < -0.3 is 40.2 Å². The van der Waals surface area contributed by atoms with Gasteiger partial charge in [-0.15, -0.1) is 0 Å². The number of aliphatic hydroxyl groups is 1. The summed E-state index contributed by atoms with van der Waals surface area (Å²) in [7, 11) is 0. The Balaban J connectivity index is 0.987. The highest BCUT2D eigenvalue weighted by molar-refractivity contribution is 5.87. The highest BCUT2D eigenvalue weighted by Gasteiger charge is 2.58. The minimum absolute atomic E-state index is 0.0625. The van der Waals surface area contributed by atoms with Crippen LogP contribution >= 0.6 is 0 Å². The number of nitrogens with one attached hydrogen (secondary N) is 4. The first-order valence-electron chi connectivity index (χ1n) is 27.5. The number of hydrazine groups is 1. The van der Waals surface area contributed by atoms with Crippen molar-refractivity contribution in [2.45, 2.75) is 153 Å². The van der Waals surface area contributed by atoms with E-state index in [1.165, 1.54) is 6.07 Å². The molecular formula is C57H65F9N10O8. The summed E-state index contributed by atoms with van der Waals surface area (Å²) in [5, 5.41) is 23.0. The zero-order valence-corrected chi connectivity index (χ0v) is 46.3. The van der Waals surface area contributed by atoms with E-state index in [2.05, 4.69) is 37.5 Å². The maximum absolute atomic E-state index is 16.2. The zero-order valence-electron chi connectivity index (χ0n) is 46.3. The van der Waals surface area contributed by atoms with Gasteiger partial charge in [-0.1, -0.05) is 36.1 Å². The number of carbonyl (C=O) groups is 4. The van der Waals surface area contributed by atoms with E-state index in [0.717, 1.165) is 74.5 Å². The van der Waals surface area contributed by atoms with Gasteiger partial charge in [-0.3, -0.25) is 19.9 Å². The molecule has 9 rings (SSSR count). The first-order valence-corrected chi connectivity index (χ1v) is 27.5. The van der Waals surface area contributed by atoms with Gasteiger partial charge in [-0.2, -0.15) is 40.2 Å². The summed E-state index contributed by atoms with van der Waals surface area (Å²) >= 11 is 0. The number of hydrogen-bond acceptors (Lipinski definition) is 13. The van der Waals surface area contributed by atoms with Crippen LogP contribution in [0.2, 0.25) is 0 Å². The number of aliphatic hydroxyl groups excluding tert-OH is 1. The summed E-state index contributed by atoms with van der Waals surface area (Å²) in [5.41, 5.74) is -2.48. The van der Waals surface area contributed by atoms with Crippen LogP contribution in [0.1, 0.15) is 95.0 Å². The number of aromatic nitrogens is 3. The number of alkyl carbamates (subject to hydrolysis) is 2. The lowest BCUT2D eigenvalue weighted by Gasteiger charge is -2.47. The van der Waals surface area contributed by atoms with Crippen molar-refractivity contribution < 1.29 is 78.0 Å². The predicted molar refractivity (Wildman–Crippen MR) is 284 cm³/mol. The molecule has 6 atom stereocenters. The van der Waals surface area contributed by atoms with Crippen LogP contribution in [0.15, 0.2) is 73.2 Å². The van der Waals surface area contributed by atoms with Gasteiger partial charge in [0, 0.05) is 72.9 Å². The van der Waals surface area contributed by atoms with Gasteiger partial charge in [0.05, 0.1) is 48.4 Å². The Kier molecular flexibility index (Phi) is 18.1. The quantitative estimate of drug-likeness (QED) is 0.0311. The molecule has 0 spiro atoms. The molecule has 0 radical (unpaired) electrons. The lowest BCUT2D eigenvalue weighted by Crippen LogP contribution is -2.63. The molecule has 2 aromatic heterocycles. The van der Waals surface area contributed by atoms with Gasteiger partial charge in [0.15, 0.2) is 0 Å². The van der Waals surface area contributed by atoms with E-state index in [0.29, 0.717) is 92.9 Å². The first-order chi connectivity index (χ1) is 39.6. The second-order valence-corrected chi connectivity index (χ2v) is 23.1. The van der Waals surface area contributed by atoms with Gasteiger partial charge in [-0.05, 0) is 114 Å². The molecule has 2 unspecified atom stereocenters. The van der Waals surface area contributed by atoms with Crippen molar-refractivity contribution in [3.63, 3.8) is 0 Å². The summed E-state index contributed by atoms with van der Waals surface area (Å²) in [6.45, 7) is 1.09. The lowest BCUT2D eigenvalue weighted by molar-refractivity contribution is -0.221. The van der Waals surface area contributed by atoms with Crippen molar-refractivity contribution in [2.75, 3.05) is 37.7 Å². The maximum Gasteiger partial charge on any atom is 0.408 e. The summed E-state index contributed by atoms with van der Waals surface area (Å²) < 4.78 is 147. The maximum atomic E-state index is 16.2. The molecule has 454 valence electrons. The number of halogens is 9. The zero-order chi connectivity index (χ0) is 60.5. The number of anilines is 1. The number of alkyl halides is 8. The van der Waals surface area contributed by atoms with E-state index in [1.54, 1.807) is 30.5 Å². The van der Waals surface area contributed by atoms with Crippen LogP contribution in [0.4, 0.5) is 54.9 Å². The highest BCUT2D eigenvalue weighted by Crippen LogP contribution is 2.43. The molecule has 84 heavy (non-hydrogen) atoms. The molecule has 3 saturated heterocycles. The molecule has 2 saturated carbocycles. The molecule has 5 aliphatic rings. The third kappa shape index (κ3) is 14.7. The van der Waals surface area contributed by atoms with Crippen LogP contribution in [0, 0.1) is 28.5 Å². The van der Waals surface area contributed by atoms with Crippen LogP contribution in [0.5, 0.6) is 0 Å². The smallest absolute Gasteiger partial charge is 0.408 e. The summed E-state index contributed by atoms with van der Waals surface area (Å²) in [6, 6.07) is 8.28. The summed E-state index contributed by atoms with van der Waals surface area (Å²) in [6.07, 6.45) is -8.95. The number of piperazine rings is 1. The molecule has 18 nitrogen and oxygen atoms in total. The Morgan fingerprint density at radius 1 is 0.738 bits per heavy atom. The lowest BCUT2D eigenvalue weighted by atomic mass is 9.82. The Bertz CT molecular complexity index is 3050. The number of amides is 4. The number of carbonyl (C=O) groups excluding carboxylic acids is 4. The molecule has 5 heterocycles. The van der Waals surface area contributed by atoms with Crippen molar-refractivity contribution in [2.24, 2.45) is 10.8 Å². The van der Waals surface area contributed by atoms with Gasteiger partial charge in [0.2, 0.25) is 5.91 Å². The number of benzene rings is 2. The molecule has 2 aromatic carbocycles. The van der Waals surface area contributed by atoms with E-state index in [1.807, 2.05) is 22.8 Å². The molecule has 2 bridgehead atoms. The predicted octanol–water partition coefficient (Wildman–Crippen LogP) is 7.54. The average Bonchev–Trinajstić information content (AvgIpc) is 2.65. The van der Waals surface area contributed by atoms with E-state index >= 15 is 4.39 Å². The number of hydrogen-bond donors (Lipinski definition) is 5. The van der Waals surface area contributed by atoms with Gasteiger partial charge in [-0.25, -0.2) is 28.7 Å². The van der Waals surface area contributed by atoms with Crippen LogP contribution in [0.3, 0.4) is 0 Å². The van der Waals surface area contributed by atoms with Crippen LogP contribution < -0.4 is 26.3 Å². The van der Waals surface area contributed by atoms with Crippen molar-refractivity contribution in [3.05, 3.63) is 101 Å². The summed E-state index contributed by atoms with van der Waals surface area (Å²) in [5.74, 6) is 2.95. The number of ether oxygens (including phenoxy) is 3. The standard InChI is InChI=1S/C57H65F9N10O8/c1-54(2,56(61,62)63)47(70-52(80)83-41-16-17-41)49(78)69-44(21-33-8-5-32(6-9-33)7-10-34-11-20-46(67-23-34)73-27-38-14-15-39(28-73)76(38)40-30-82-31-40)45(77)29-74(25-36-13-12-35(22-43(36)58)37-24-68-75(26-37)51(59)60)72-50(79)48(55(3,4)57(64,65)66)71-53(81)84-42-18-19-42/h5-6,8-9,11-13,20,22-24,26,38-42,44-45,47-48,51,77H,14-19,21,25,27-31H2,1-4H3,(H,69,78)(H,70,80)(H,71,81)(H,72,79)/t38?,39?,44-,45-,47+,48+/m0/s1. The fourth-order valence-electron chi connectivity index (χ4n) is 10.3. The molecule has 5 fully saturated rings. The van der Waals surface area contributed by atoms with E-state index < -0.39 is 115 Å². The molecule has 27 heteroatoms. The van der Waals surface area contributed by atoms with Crippen LogP contribution in [-0.4, -0.2) is 154 Å². The highest BCUT2D eigenvalue weighted by atomic mass is 19.4. The van der Waals surface area contributed by atoms with E-state index in [-0.39, 0.29) is 16.7 Å². The van der Waals surface area contributed by atoms with E-state index in [9.17, 15) is 59.4 Å². The van der Waals surface area contributed by atoms with Crippen molar-refractivity contribution >= 4 is 29.8 Å².